The molecule has 1 aliphatic rings. The van der Waals surface area contributed by atoms with Crippen molar-refractivity contribution in [2.24, 2.45) is 0 Å². The zero-order valence-electron chi connectivity index (χ0n) is 10.00. The summed E-state index contributed by atoms with van der Waals surface area (Å²) in [5.74, 6) is -1.95. The Morgan fingerprint density at radius 3 is 2.84 bits per heavy atom. The van der Waals surface area contributed by atoms with Gasteiger partial charge in [-0.3, -0.25) is 9.69 Å². The van der Waals surface area contributed by atoms with Crippen LogP contribution in [0.3, 0.4) is 0 Å². The Balaban J connectivity index is 1.99. The summed E-state index contributed by atoms with van der Waals surface area (Å²) < 4.78 is 26.6. The summed E-state index contributed by atoms with van der Waals surface area (Å²) in [5, 5.41) is 11.7. The Morgan fingerprint density at radius 2 is 2.26 bits per heavy atom. The van der Waals surface area contributed by atoms with Crippen molar-refractivity contribution in [3.05, 3.63) is 28.2 Å². The summed E-state index contributed by atoms with van der Waals surface area (Å²) >= 11 is 3.00. The maximum absolute atomic E-state index is 13.5. The van der Waals surface area contributed by atoms with E-state index < -0.39 is 23.6 Å². The molecular weight excluding hydrogens is 322 g/mol. The second kappa shape index (κ2) is 5.94. The van der Waals surface area contributed by atoms with Crippen molar-refractivity contribution < 1.29 is 18.7 Å². The number of nitrogens with one attached hydrogen (secondary N) is 1. The van der Waals surface area contributed by atoms with E-state index in [0.29, 0.717) is 25.6 Å². The molecule has 7 heteroatoms. The van der Waals surface area contributed by atoms with Crippen molar-refractivity contribution >= 4 is 27.5 Å². The van der Waals surface area contributed by atoms with Crippen LogP contribution in [0.25, 0.3) is 0 Å². The SMILES string of the molecule is O=C(CN1CC[C@H](O)C1)Nc1c(F)cc(F)cc1Br. The van der Waals surface area contributed by atoms with E-state index in [2.05, 4.69) is 21.2 Å². The molecule has 1 aliphatic heterocycles. The molecule has 104 valence electrons. The van der Waals surface area contributed by atoms with E-state index in [1.165, 1.54) is 0 Å². The predicted molar refractivity (Wildman–Crippen MR) is 69.8 cm³/mol. The molecule has 1 saturated heterocycles. The number of benzene rings is 1. The van der Waals surface area contributed by atoms with Crippen LogP contribution < -0.4 is 5.32 Å². The third-order valence-electron chi connectivity index (χ3n) is 2.89. The van der Waals surface area contributed by atoms with Gasteiger partial charge in [-0.2, -0.15) is 0 Å². The van der Waals surface area contributed by atoms with Gasteiger partial charge in [-0.05, 0) is 28.4 Å². The molecule has 19 heavy (non-hydrogen) atoms. The Kier molecular flexibility index (Phi) is 4.49. The number of nitrogens with zero attached hydrogens (tertiary/aromatic N) is 1. The number of carbonyl (C=O) groups is 1. The first kappa shape index (κ1) is 14.4. The van der Waals surface area contributed by atoms with Gasteiger partial charge in [-0.1, -0.05) is 0 Å². The fourth-order valence-electron chi connectivity index (χ4n) is 2.00. The monoisotopic (exact) mass is 334 g/mol. The summed E-state index contributed by atoms with van der Waals surface area (Å²) in [5.41, 5.74) is -0.0776. The van der Waals surface area contributed by atoms with Crippen molar-refractivity contribution in [3.8, 4) is 0 Å². The number of carbonyl (C=O) groups excluding carboxylic acids is 1. The molecule has 1 aromatic rings. The molecule has 0 spiro atoms. The predicted octanol–water partition coefficient (Wildman–Crippen LogP) is 1.73. The van der Waals surface area contributed by atoms with Gasteiger partial charge in [-0.25, -0.2) is 8.78 Å². The highest BCUT2D eigenvalue weighted by Gasteiger charge is 2.22. The van der Waals surface area contributed by atoms with Crippen molar-refractivity contribution in [1.29, 1.82) is 0 Å². The van der Waals surface area contributed by atoms with Crippen molar-refractivity contribution in [1.82, 2.24) is 4.90 Å². The highest BCUT2D eigenvalue weighted by molar-refractivity contribution is 9.10. The summed E-state index contributed by atoms with van der Waals surface area (Å²) in [6.45, 7) is 1.13. The van der Waals surface area contributed by atoms with Crippen LogP contribution >= 0.6 is 15.9 Å². The average molecular weight is 335 g/mol. The van der Waals surface area contributed by atoms with Gasteiger partial charge in [0.05, 0.1) is 18.3 Å². The molecule has 0 aromatic heterocycles. The number of hydrogen-bond donors (Lipinski definition) is 2. The highest BCUT2D eigenvalue weighted by atomic mass is 79.9. The lowest BCUT2D eigenvalue weighted by atomic mass is 10.3. The molecule has 0 bridgehead atoms. The summed E-state index contributed by atoms with van der Waals surface area (Å²) in [7, 11) is 0. The van der Waals surface area contributed by atoms with Crippen LogP contribution in [0.2, 0.25) is 0 Å². The molecule has 1 atom stereocenters. The Bertz CT molecular complexity index is 476. The van der Waals surface area contributed by atoms with Gasteiger partial charge >= 0.3 is 0 Å². The van der Waals surface area contributed by atoms with Gasteiger partial charge in [0.15, 0.2) is 5.82 Å². The normalized spacial score (nSPS) is 19.7. The lowest BCUT2D eigenvalue weighted by molar-refractivity contribution is -0.117. The Labute approximate surface area is 117 Å². The lowest BCUT2D eigenvalue weighted by Crippen LogP contribution is -2.32. The molecule has 0 unspecified atom stereocenters. The molecule has 4 nitrogen and oxygen atoms in total. The number of aliphatic hydroxyl groups excluding tert-OH is 1. The quantitative estimate of drug-likeness (QED) is 0.885. The first-order valence-corrected chi connectivity index (χ1v) is 6.60. The van der Waals surface area contributed by atoms with E-state index in [0.717, 1.165) is 6.07 Å². The molecule has 1 fully saturated rings. The van der Waals surface area contributed by atoms with E-state index in [4.69, 9.17) is 0 Å². The van der Waals surface area contributed by atoms with Gasteiger partial charge in [-0.15, -0.1) is 0 Å². The number of likely N-dealkylation sites (tertiary alicyclic amines) is 1. The topological polar surface area (TPSA) is 52.6 Å². The smallest absolute Gasteiger partial charge is 0.238 e. The van der Waals surface area contributed by atoms with Crippen molar-refractivity contribution in [3.63, 3.8) is 0 Å². The van der Waals surface area contributed by atoms with E-state index in [1.807, 2.05) is 0 Å². The maximum Gasteiger partial charge on any atom is 0.238 e. The van der Waals surface area contributed by atoms with Crippen molar-refractivity contribution in [2.75, 3.05) is 25.0 Å². The molecule has 0 radical (unpaired) electrons. The second-order valence-corrected chi connectivity index (χ2v) is 5.32. The van der Waals surface area contributed by atoms with Crippen LogP contribution in [-0.2, 0) is 4.79 Å². The van der Waals surface area contributed by atoms with Gasteiger partial charge in [0.25, 0.3) is 0 Å². The van der Waals surface area contributed by atoms with Crippen LogP contribution in [-0.4, -0.2) is 41.7 Å². The van der Waals surface area contributed by atoms with E-state index >= 15 is 0 Å². The molecule has 2 N–H and O–H groups in total. The minimum atomic E-state index is -0.832. The van der Waals surface area contributed by atoms with Gasteiger partial charge in [0, 0.05) is 23.6 Å². The van der Waals surface area contributed by atoms with Crippen LogP contribution in [0.15, 0.2) is 16.6 Å². The van der Waals surface area contributed by atoms with Crippen LogP contribution in [0.5, 0.6) is 0 Å². The molecule has 1 amide bonds. The summed E-state index contributed by atoms with van der Waals surface area (Å²) in [6, 6.07) is 1.79. The van der Waals surface area contributed by atoms with Gasteiger partial charge < -0.3 is 10.4 Å². The number of β-amino-alcohol motifs (C(OH)–C–C–N with tert-alkyl or cyclic N) is 1. The first-order valence-electron chi connectivity index (χ1n) is 5.80. The minimum absolute atomic E-state index is 0.0698. The van der Waals surface area contributed by atoms with E-state index in [-0.39, 0.29) is 16.7 Å². The number of halogens is 3. The number of hydrogen-bond acceptors (Lipinski definition) is 3. The third kappa shape index (κ3) is 3.71. The number of rotatable bonds is 3. The largest absolute Gasteiger partial charge is 0.392 e. The van der Waals surface area contributed by atoms with Gasteiger partial charge in [0.2, 0.25) is 5.91 Å². The zero-order valence-corrected chi connectivity index (χ0v) is 11.6. The maximum atomic E-state index is 13.5. The average Bonchev–Trinajstić information content (AvgIpc) is 2.69. The molecule has 0 aliphatic carbocycles. The Hall–Kier alpha value is -1.05. The molecule has 1 aromatic carbocycles. The molecular formula is C12H13BrF2N2O2. The fourth-order valence-corrected chi connectivity index (χ4v) is 2.51. The molecule has 0 saturated carbocycles. The zero-order chi connectivity index (χ0) is 14.0. The summed E-state index contributed by atoms with van der Waals surface area (Å²) in [6.07, 6.45) is 0.212. The standard InChI is InChI=1S/C12H13BrF2N2O2/c13-9-3-7(14)4-10(15)12(9)16-11(19)6-17-2-1-8(18)5-17/h3-4,8,18H,1-2,5-6H2,(H,16,19)/t8-/m0/s1. The fraction of sp³-hybridized carbons (Fsp3) is 0.417. The minimum Gasteiger partial charge on any atom is -0.392 e. The third-order valence-corrected chi connectivity index (χ3v) is 3.51. The van der Waals surface area contributed by atoms with Crippen LogP contribution in [0.1, 0.15) is 6.42 Å². The summed E-state index contributed by atoms with van der Waals surface area (Å²) in [4.78, 5) is 13.5. The number of aliphatic hydroxyl groups is 1. The molecule has 1 heterocycles. The van der Waals surface area contributed by atoms with E-state index in [9.17, 15) is 18.7 Å². The van der Waals surface area contributed by atoms with Gasteiger partial charge in [0.1, 0.15) is 5.82 Å². The van der Waals surface area contributed by atoms with E-state index in [1.54, 1.807) is 4.90 Å². The van der Waals surface area contributed by atoms with Crippen molar-refractivity contribution in [2.45, 2.75) is 12.5 Å². The number of amides is 1. The Morgan fingerprint density at radius 1 is 1.53 bits per heavy atom. The second-order valence-electron chi connectivity index (χ2n) is 4.47. The number of anilines is 1. The lowest BCUT2D eigenvalue weighted by Gasteiger charge is -2.15. The van der Waals surface area contributed by atoms with Crippen LogP contribution in [0.4, 0.5) is 14.5 Å². The molecule has 2 rings (SSSR count). The first-order chi connectivity index (χ1) is 8.95. The highest BCUT2D eigenvalue weighted by Crippen LogP contribution is 2.26. The van der Waals surface area contributed by atoms with Crippen LogP contribution in [0, 0.1) is 11.6 Å².